The Labute approximate surface area is 187 Å². The molecule has 1 aromatic heterocycles. The number of carbonyl (C=O) groups is 1. The Morgan fingerprint density at radius 1 is 1.20 bits per heavy atom. The fraction of sp³-hybridized carbons (Fsp3) is 0.350. The molecule has 0 spiro atoms. The zero-order valence-electron chi connectivity index (χ0n) is 16.6. The minimum absolute atomic E-state index is 0.0252. The summed E-state index contributed by atoms with van der Waals surface area (Å²) in [5.41, 5.74) is 0.772. The van der Waals surface area contributed by atoms with Crippen LogP contribution in [0.3, 0.4) is 0 Å². The number of anilines is 1. The summed E-state index contributed by atoms with van der Waals surface area (Å²) >= 11 is 14.7. The van der Waals surface area contributed by atoms with Crippen molar-refractivity contribution >= 4 is 52.9 Å². The number of carbonyl (C=O) groups excluding carboxylic acids is 1. The van der Waals surface area contributed by atoms with Crippen molar-refractivity contribution in [2.45, 2.75) is 18.3 Å². The van der Waals surface area contributed by atoms with Gasteiger partial charge in [0.05, 0.1) is 30.0 Å². The molecular weight excluding hydrogens is 447 g/mol. The van der Waals surface area contributed by atoms with Crippen molar-refractivity contribution in [3.05, 3.63) is 32.8 Å². The smallest absolute Gasteiger partial charge is 0.228 e. The fourth-order valence-electron chi connectivity index (χ4n) is 3.13. The predicted octanol–water partition coefficient (Wildman–Crippen LogP) is 3.03. The standard InChI is InChI=1S/C20H20Cl2N4O3S/c1-28-12-7-13(29-2)16(22)14(15(12)21)11-6-10-8-23-20(30-3)25-17(10)18(24-11)26-19(27)9-4-5-9/h6-9,20,23H,4-5H2,1-3H3,(H,24,26,27). The van der Waals surface area contributed by atoms with Crippen LogP contribution in [0, 0.1) is 5.92 Å². The summed E-state index contributed by atoms with van der Waals surface area (Å²) in [5.74, 6) is 1.16. The van der Waals surface area contributed by atoms with Gasteiger partial charge >= 0.3 is 0 Å². The number of fused-ring (bicyclic) bond motifs is 1. The molecule has 1 unspecified atom stereocenters. The third-order valence-corrected chi connectivity index (χ3v) is 6.33. The van der Waals surface area contributed by atoms with Crippen LogP contribution in [0.2, 0.25) is 10.0 Å². The summed E-state index contributed by atoms with van der Waals surface area (Å²) in [6.45, 7) is 0. The van der Waals surface area contributed by atoms with Gasteiger partial charge in [-0.2, -0.15) is 0 Å². The molecule has 2 aromatic rings. The zero-order chi connectivity index (χ0) is 21.4. The van der Waals surface area contributed by atoms with Crippen molar-refractivity contribution in [2.75, 3.05) is 25.8 Å². The second-order valence-electron chi connectivity index (χ2n) is 6.87. The monoisotopic (exact) mass is 466 g/mol. The number of amides is 1. The lowest BCUT2D eigenvalue weighted by Crippen LogP contribution is -2.40. The molecule has 158 valence electrons. The third-order valence-electron chi connectivity index (χ3n) is 4.89. The minimum atomic E-state index is -0.161. The van der Waals surface area contributed by atoms with Gasteiger partial charge in [-0.1, -0.05) is 23.2 Å². The van der Waals surface area contributed by atoms with Gasteiger partial charge < -0.3 is 20.1 Å². The highest BCUT2D eigenvalue weighted by Crippen LogP contribution is 2.45. The molecule has 1 fully saturated rings. The number of hydrogen-bond donors (Lipinski definition) is 2. The number of pyridine rings is 1. The second kappa shape index (κ2) is 8.53. The Bertz CT molecular complexity index is 1110. The van der Waals surface area contributed by atoms with Gasteiger partial charge in [0.25, 0.3) is 0 Å². The highest BCUT2D eigenvalue weighted by Gasteiger charge is 2.30. The van der Waals surface area contributed by atoms with Gasteiger partial charge in [0.15, 0.2) is 11.3 Å². The van der Waals surface area contributed by atoms with E-state index in [-0.39, 0.29) is 17.3 Å². The maximum absolute atomic E-state index is 12.5. The number of ether oxygens (including phenoxy) is 2. The maximum Gasteiger partial charge on any atom is 0.228 e. The lowest BCUT2D eigenvalue weighted by molar-refractivity contribution is -0.117. The number of hydrogen-bond acceptors (Lipinski definition) is 7. The number of nitrogens with zero attached hydrogens (tertiary/aromatic N) is 2. The Hall–Kier alpha value is -2.16. The Kier molecular flexibility index (Phi) is 5.99. The third kappa shape index (κ3) is 3.91. The Morgan fingerprint density at radius 3 is 2.43 bits per heavy atom. The molecule has 0 bridgehead atoms. The van der Waals surface area contributed by atoms with Crippen LogP contribution < -0.4 is 30.7 Å². The first-order chi connectivity index (χ1) is 14.5. The van der Waals surface area contributed by atoms with Crippen molar-refractivity contribution in [1.29, 1.82) is 0 Å². The quantitative estimate of drug-likeness (QED) is 0.680. The van der Waals surface area contributed by atoms with Crippen LogP contribution >= 0.6 is 35.0 Å². The topological polar surface area (TPSA) is 84.8 Å². The summed E-state index contributed by atoms with van der Waals surface area (Å²) in [7, 11) is 3.03. The van der Waals surface area contributed by atoms with E-state index in [9.17, 15) is 4.79 Å². The number of rotatable bonds is 6. The molecule has 1 amide bonds. The van der Waals surface area contributed by atoms with Crippen LogP contribution in [-0.2, 0) is 4.79 Å². The molecule has 4 rings (SSSR count). The van der Waals surface area contributed by atoms with Gasteiger partial charge in [-0.25, -0.2) is 9.98 Å². The summed E-state index contributed by atoms with van der Waals surface area (Å²) in [4.78, 5) is 21.8. The first-order valence-electron chi connectivity index (χ1n) is 9.26. The predicted molar refractivity (Wildman–Crippen MR) is 120 cm³/mol. The number of halogens is 2. The van der Waals surface area contributed by atoms with E-state index in [0.717, 1.165) is 18.1 Å². The van der Waals surface area contributed by atoms with E-state index < -0.39 is 0 Å². The van der Waals surface area contributed by atoms with Crippen molar-refractivity contribution in [3.8, 4) is 22.8 Å². The van der Waals surface area contributed by atoms with E-state index >= 15 is 0 Å². The molecular formula is C20H20Cl2N4O3S. The van der Waals surface area contributed by atoms with E-state index in [2.05, 4.69) is 20.6 Å². The molecule has 2 heterocycles. The molecule has 0 saturated heterocycles. The average Bonchev–Trinajstić information content (AvgIpc) is 3.59. The molecule has 1 atom stereocenters. The van der Waals surface area contributed by atoms with Gasteiger partial charge in [-0.3, -0.25) is 4.79 Å². The number of thioether (sulfide) groups is 1. The Balaban J connectivity index is 1.94. The molecule has 1 aliphatic heterocycles. The Morgan fingerprint density at radius 2 is 1.87 bits per heavy atom. The number of aromatic nitrogens is 1. The van der Waals surface area contributed by atoms with Crippen molar-refractivity contribution < 1.29 is 14.3 Å². The lowest BCUT2D eigenvalue weighted by Gasteiger charge is -2.18. The van der Waals surface area contributed by atoms with E-state index in [1.54, 1.807) is 17.8 Å². The van der Waals surface area contributed by atoms with Gasteiger partial charge in [-0.15, -0.1) is 11.8 Å². The highest BCUT2D eigenvalue weighted by atomic mass is 35.5. The van der Waals surface area contributed by atoms with Crippen LogP contribution in [-0.4, -0.2) is 36.9 Å². The molecule has 7 nitrogen and oxygen atoms in total. The lowest BCUT2D eigenvalue weighted by atomic mass is 10.1. The van der Waals surface area contributed by atoms with Gasteiger partial charge in [-0.05, 0) is 25.2 Å². The van der Waals surface area contributed by atoms with Gasteiger partial charge in [0.2, 0.25) is 5.91 Å². The summed E-state index contributed by atoms with van der Waals surface area (Å²) in [6, 6.07) is 3.44. The summed E-state index contributed by atoms with van der Waals surface area (Å²) in [5, 5.41) is 8.14. The molecule has 1 aromatic carbocycles. The SMILES string of the molecule is COc1cc(OC)c(Cl)c(-c2cc3c(c(NC(=O)C4CC4)n2)=NC(SC)NC=3)c1Cl. The normalized spacial score (nSPS) is 17.2. The van der Waals surface area contributed by atoms with Gasteiger partial charge in [0.1, 0.15) is 16.9 Å². The fourth-order valence-corrected chi connectivity index (χ4v) is 4.24. The molecule has 2 aliphatic rings. The number of nitrogens with one attached hydrogen (secondary N) is 2. The van der Waals surface area contributed by atoms with Gasteiger partial charge in [0, 0.05) is 29.0 Å². The van der Waals surface area contributed by atoms with Crippen LogP contribution in [0.15, 0.2) is 17.1 Å². The average molecular weight is 467 g/mol. The van der Waals surface area contributed by atoms with Crippen LogP contribution in [0.1, 0.15) is 12.8 Å². The van der Waals surface area contributed by atoms with Crippen LogP contribution in [0.5, 0.6) is 11.5 Å². The number of methoxy groups -OCH3 is 2. The van der Waals surface area contributed by atoms with E-state index in [1.807, 2.05) is 18.5 Å². The molecule has 1 saturated carbocycles. The first-order valence-corrected chi connectivity index (χ1v) is 11.3. The van der Waals surface area contributed by atoms with Crippen molar-refractivity contribution in [2.24, 2.45) is 10.9 Å². The van der Waals surface area contributed by atoms with E-state index in [0.29, 0.717) is 44.0 Å². The maximum atomic E-state index is 12.5. The molecule has 1 aliphatic carbocycles. The summed E-state index contributed by atoms with van der Waals surface area (Å²) < 4.78 is 10.7. The minimum Gasteiger partial charge on any atom is -0.495 e. The van der Waals surface area contributed by atoms with Crippen molar-refractivity contribution in [3.63, 3.8) is 0 Å². The van der Waals surface area contributed by atoms with Crippen LogP contribution in [0.4, 0.5) is 5.82 Å². The number of benzene rings is 1. The molecule has 30 heavy (non-hydrogen) atoms. The second-order valence-corrected chi connectivity index (χ2v) is 8.54. The van der Waals surface area contributed by atoms with Crippen molar-refractivity contribution in [1.82, 2.24) is 10.3 Å². The summed E-state index contributed by atoms with van der Waals surface area (Å²) in [6.07, 6.45) is 5.57. The zero-order valence-corrected chi connectivity index (χ0v) is 18.9. The van der Waals surface area contributed by atoms with Crippen LogP contribution in [0.25, 0.3) is 17.5 Å². The van der Waals surface area contributed by atoms with E-state index in [4.69, 9.17) is 32.7 Å². The highest BCUT2D eigenvalue weighted by molar-refractivity contribution is 7.99. The molecule has 10 heteroatoms. The van der Waals surface area contributed by atoms with E-state index in [1.165, 1.54) is 14.2 Å². The molecule has 2 N–H and O–H groups in total. The first kappa shape index (κ1) is 21.1. The largest absolute Gasteiger partial charge is 0.495 e. The molecule has 0 radical (unpaired) electrons.